The first-order valence-corrected chi connectivity index (χ1v) is 13.7. The molecule has 0 spiro atoms. The predicted molar refractivity (Wildman–Crippen MR) is 160 cm³/mol. The van der Waals surface area contributed by atoms with Gasteiger partial charge in [0.25, 0.3) is 11.8 Å². The lowest BCUT2D eigenvalue weighted by Crippen LogP contribution is -2.38. The lowest BCUT2D eigenvalue weighted by molar-refractivity contribution is 0.0968. The highest BCUT2D eigenvalue weighted by Gasteiger charge is 2.27. The van der Waals surface area contributed by atoms with Crippen molar-refractivity contribution in [1.29, 1.82) is 0 Å². The fraction of sp³-hybridized carbons (Fsp3) is 0.176. The van der Waals surface area contributed by atoms with Gasteiger partial charge in [-0.2, -0.15) is 0 Å². The summed E-state index contributed by atoms with van der Waals surface area (Å²) in [7, 11) is 0. The van der Waals surface area contributed by atoms with E-state index in [4.69, 9.17) is 9.98 Å². The molecule has 1 aliphatic carbocycles. The molecule has 0 aliphatic heterocycles. The first-order valence-electron chi connectivity index (χ1n) is 13.7. The predicted octanol–water partition coefficient (Wildman–Crippen LogP) is 6.05. The van der Waals surface area contributed by atoms with Crippen LogP contribution in [0, 0.1) is 0 Å². The number of hydrogen-bond acceptors (Lipinski definition) is 4. The largest absolute Gasteiger partial charge is 0.306 e. The first kappa shape index (κ1) is 26.8. The Hall–Kier alpha value is -4.84. The van der Waals surface area contributed by atoms with Crippen LogP contribution in [0.4, 0.5) is 0 Å². The van der Waals surface area contributed by atoms with Gasteiger partial charge in [-0.1, -0.05) is 110 Å². The lowest BCUT2D eigenvalue weighted by atomic mass is 9.91. The van der Waals surface area contributed by atoms with Crippen molar-refractivity contribution < 1.29 is 9.59 Å². The fourth-order valence-corrected chi connectivity index (χ4v) is 4.81. The maximum absolute atomic E-state index is 13.1. The molecule has 0 heterocycles. The van der Waals surface area contributed by atoms with E-state index in [2.05, 4.69) is 10.6 Å². The highest BCUT2D eigenvalue weighted by atomic mass is 16.2. The summed E-state index contributed by atoms with van der Waals surface area (Å²) in [5.41, 5.74) is 2.81. The molecule has 0 unspecified atom stereocenters. The van der Waals surface area contributed by atoms with Crippen molar-refractivity contribution in [2.24, 2.45) is 9.98 Å². The monoisotopic (exact) mass is 528 g/mol. The van der Waals surface area contributed by atoms with Gasteiger partial charge < -0.3 is 10.6 Å². The minimum atomic E-state index is -0.209. The third kappa shape index (κ3) is 6.97. The standard InChI is InChI=1S/C34H32N4O2/c39-33(27-19-9-3-10-20-27)37-31(25-15-5-1-6-16-25)35-29-23-13-14-24-30(29)36-32(26-17-7-2-8-18-26)38-34(40)28-21-11-4-12-22-28/h1-12,15-22,29-30H,13-14,23-24H2,(H,35,37,39)(H,36,38,40)/t29-,30+. The molecule has 0 radical (unpaired) electrons. The summed E-state index contributed by atoms with van der Waals surface area (Å²) in [4.78, 5) is 36.4. The molecule has 1 aliphatic rings. The Balaban J connectivity index is 1.48. The van der Waals surface area contributed by atoms with E-state index < -0.39 is 0 Å². The van der Waals surface area contributed by atoms with E-state index in [0.29, 0.717) is 22.8 Å². The van der Waals surface area contributed by atoms with E-state index in [-0.39, 0.29) is 23.9 Å². The molecule has 1 saturated carbocycles. The highest BCUT2D eigenvalue weighted by molar-refractivity contribution is 6.13. The zero-order chi connectivity index (χ0) is 27.6. The summed E-state index contributed by atoms with van der Waals surface area (Å²) < 4.78 is 0. The number of amidine groups is 2. The summed E-state index contributed by atoms with van der Waals surface area (Å²) in [5, 5.41) is 6.10. The summed E-state index contributed by atoms with van der Waals surface area (Å²) >= 11 is 0. The zero-order valence-corrected chi connectivity index (χ0v) is 22.2. The molecule has 4 aromatic rings. The lowest BCUT2D eigenvalue weighted by Gasteiger charge is -2.28. The van der Waals surface area contributed by atoms with Gasteiger partial charge >= 0.3 is 0 Å². The van der Waals surface area contributed by atoms with Gasteiger partial charge in [-0.25, -0.2) is 0 Å². The maximum atomic E-state index is 13.1. The summed E-state index contributed by atoms with van der Waals surface area (Å²) in [6.07, 6.45) is 3.71. The molecule has 6 nitrogen and oxygen atoms in total. The molecule has 200 valence electrons. The van der Waals surface area contributed by atoms with Crippen molar-refractivity contribution in [2.45, 2.75) is 37.8 Å². The minimum absolute atomic E-state index is 0.160. The number of amides is 2. The topological polar surface area (TPSA) is 82.9 Å². The Morgan fingerprint density at radius 3 is 1.10 bits per heavy atom. The van der Waals surface area contributed by atoms with Crippen LogP contribution in [0.15, 0.2) is 131 Å². The zero-order valence-electron chi connectivity index (χ0n) is 22.2. The second kappa shape index (κ2) is 13.3. The van der Waals surface area contributed by atoms with Gasteiger partial charge in [0, 0.05) is 22.3 Å². The Morgan fingerprint density at radius 1 is 0.475 bits per heavy atom. The van der Waals surface area contributed by atoms with E-state index in [0.717, 1.165) is 36.8 Å². The number of carbonyl (C=O) groups is 2. The average Bonchev–Trinajstić information content (AvgIpc) is 3.03. The molecular weight excluding hydrogens is 496 g/mol. The van der Waals surface area contributed by atoms with E-state index >= 15 is 0 Å². The van der Waals surface area contributed by atoms with E-state index in [1.807, 2.05) is 97.1 Å². The molecule has 4 aromatic carbocycles. The first-order chi connectivity index (χ1) is 19.7. The van der Waals surface area contributed by atoms with Crippen LogP contribution in [0.2, 0.25) is 0 Å². The Labute approximate surface area is 234 Å². The van der Waals surface area contributed by atoms with Crippen LogP contribution in [-0.2, 0) is 0 Å². The SMILES string of the molecule is O=C(NC(=N[C@H]1CCCC[C@H]1N=C(NC(=O)c1ccccc1)c1ccccc1)c1ccccc1)c1ccccc1. The third-order valence-electron chi connectivity index (χ3n) is 6.91. The molecular formula is C34H32N4O2. The second-order valence-corrected chi connectivity index (χ2v) is 9.75. The number of carbonyl (C=O) groups excluding carboxylic acids is 2. The normalized spacial score (nSPS) is 17.6. The number of nitrogens with one attached hydrogen (secondary N) is 2. The van der Waals surface area contributed by atoms with Crippen LogP contribution in [0.3, 0.4) is 0 Å². The van der Waals surface area contributed by atoms with Gasteiger partial charge in [0.1, 0.15) is 11.7 Å². The Kier molecular flexibility index (Phi) is 8.89. The van der Waals surface area contributed by atoms with Crippen molar-refractivity contribution >= 4 is 23.5 Å². The van der Waals surface area contributed by atoms with Crippen LogP contribution < -0.4 is 10.6 Å². The van der Waals surface area contributed by atoms with E-state index in [1.54, 1.807) is 24.3 Å². The maximum Gasteiger partial charge on any atom is 0.256 e. The quantitative estimate of drug-likeness (QED) is 0.236. The Morgan fingerprint density at radius 2 is 0.775 bits per heavy atom. The van der Waals surface area contributed by atoms with E-state index in [9.17, 15) is 9.59 Å². The molecule has 1 fully saturated rings. The van der Waals surface area contributed by atoms with Crippen molar-refractivity contribution in [3.05, 3.63) is 144 Å². The molecule has 2 atom stereocenters. The van der Waals surface area contributed by atoms with Crippen LogP contribution in [0.5, 0.6) is 0 Å². The number of benzene rings is 4. The van der Waals surface area contributed by atoms with Crippen LogP contribution in [-0.4, -0.2) is 35.6 Å². The summed E-state index contributed by atoms with van der Waals surface area (Å²) in [5.74, 6) is 0.630. The number of aliphatic imine (C=N–C) groups is 2. The molecule has 6 heteroatoms. The van der Waals surface area contributed by atoms with Crippen molar-refractivity contribution in [3.8, 4) is 0 Å². The second-order valence-electron chi connectivity index (χ2n) is 9.75. The smallest absolute Gasteiger partial charge is 0.256 e. The molecule has 5 rings (SSSR count). The molecule has 2 amide bonds. The molecule has 2 N–H and O–H groups in total. The minimum Gasteiger partial charge on any atom is -0.306 e. The highest BCUT2D eigenvalue weighted by Crippen LogP contribution is 2.25. The van der Waals surface area contributed by atoms with Gasteiger partial charge in [-0.15, -0.1) is 0 Å². The molecule has 0 saturated heterocycles. The van der Waals surface area contributed by atoms with Crippen LogP contribution in [0.1, 0.15) is 57.5 Å². The molecule has 40 heavy (non-hydrogen) atoms. The van der Waals surface area contributed by atoms with Crippen molar-refractivity contribution in [2.75, 3.05) is 0 Å². The van der Waals surface area contributed by atoms with E-state index in [1.165, 1.54) is 0 Å². The van der Waals surface area contributed by atoms with Gasteiger partial charge in [-0.05, 0) is 37.1 Å². The van der Waals surface area contributed by atoms with Crippen molar-refractivity contribution in [1.82, 2.24) is 10.6 Å². The van der Waals surface area contributed by atoms with Gasteiger partial charge in [-0.3, -0.25) is 19.6 Å². The van der Waals surface area contributed by atoms with Crippen molar-refractivity contribution in [3.63, 3.8) is 0 Å². The van der Waals surface area contributed by atoms with Gasteiger partial charge in [0.05, 0.1) is 12.1 Å². The average molecular weight is 529 g/mol. The number of hydrogen-bond donors (Lipinski definition) is 2. The summed E-state index contributed by atoms with van der Waals surface area (Å²) in [6.45, 7) is 0. The van der Waals surface area contributed by atoms with Crippen LogP contribution in [0.25, 0.3) is 0 Å². The third-order valence-corrected chi connectivity index (χ3v) is 6.91. The van der Waals surface area contributed by atoms with Gasteiger partial charge in [0.2, 0.25) is 0 Å². The summed E-state index contributed by atoms with van der Waals surface area (Å²) in [6, 6.07) is 37.3. The fourth-order valence-electron chi connectivity index (χ4n) is 4.81. The number of rotatable bonds is 6. The Bertz CT molecular complexity index is 1350. The van der Waals surface area contributed by atoms with Crippen LogP contribution >= 0.6 is 0 Å². The molecule has 0 aromatic heterocycles. The molecule has 0 bridgehead atoms. The van der Waals surface area contributed by atoms with Gasteiger partial charge in [0.15, 0.2) is 0 Å². The number of nitrogens with zero attached hydrogens (tertiary/aromatic N) is 2.